The van der Waals surface area contributed by atoms with Gasteiger partial charge in [-0.2, -0.15) is 0 Å². The summed E-state index contributed by atoms with van der Waals surface area (Å²) < 4.78 is 0. The van der Waals surface area contributed by atoms with Crippen LogP contribution in [0, 0.1) is 0 Å². The minimum atomic E-state index is -0.263. The molecule has 5 heteroatoms. The lowest BCUT2D eigenvalue weighted by Crippen LogP contribution is -2.49. The molecule has 2 aromatic carbocycles. The van der Waals surface area contributed by atoms with Crippen molar-refractivity contribution >= 4 is 17.5 Å². The molecule has 1 atom stereocenters. The number of hydrogen-bond donors (Lipinski definition) is 1. The molecule has 126 valence electrons. The molecule has 0 radical (unpaired) electrons. The predicted octanol–water partition coefficient (Wildman–Crippen LogP) is 2.53. The highest BCUT2D eigenvalue weighted by Gasteiger charge is 2.26. The van der Waals surface area contributed by atoms with Crippen molar-refractivity contribution in [3.63, 3.8) is 0 Å². The van der Waals surface area contributed by atoms with Gasteiger partial charge in [0.1, 0.15) is 0 Å². The molecule has 1 aliphatic heterocycles. The zero-order valence-corrected chi connectivity index (χ0v) is 14.3. The third-order valence-corrected chi connectivity index (χ3v) is 4.70. The van der Waals surface area contributed by atoms with Crippen molar-refractivity contribution in [2.24, 2.45) is 5.73 Å². The molecule has 2 aromatic rings. The number of hydrogen-bond acceptors (Lipinski definition) is 3. The Morgan fingerprint density at radius 1 is 0.958 bits per heavy atom. The quantitative estimate of drug-likeness (QED) is 0.907. The number of primary amides is 1. The summed E-state index contributed by atoms with van der Waals surface area (Å²) in [7, 11) is 0. The molecule has 0 spiro atoms. The van der Waals surface area contributed by atoms with Crippen LogP contribution in [0.25, 0.3) is 0 Å². The lowest BCUT2D eigenvalue weighted by Gasteiger charge is -2.39. The first kappa shape index (κ1) is 17.0. The third-order valence-electron chi connectivity index (χ3n) is 4.45. The molecular weight excluding hydrogens is 322 g/mol. The van der Waals surface area contributed by atoms with Gasteiger partial charge in [-0.15, -0.1) is 0 Å². The number of benzene rings is 2. The highest BCUT2D eigenvalue weighted by Crippen LogP contribution is 2.30. The van der Waals surface area contributed by atoms with Gasteiger partial charge in [0, 0.05) is 31.2 Å². The molecule has 3 rings (SSSR count). The van der Waals surface area contributed by atoms with Crippen LogP contribution < -0.4 is 5.73 Å². The lowest BCUT2D eigenvalue weighted by atomic mass is 9.96. The monoisotopic (exact) mass is 343 g/mol. The maximum absolute atomic E-state index is 11.1. The first-order valence-electron chi connectivity index (χ1n) is 8.18. The molecule has 2 N–H and O–H groups in total. The van der Waals surface area contributed by atoms with E-state index in [2.05, 4.69) is 46.2 Å². The second-order valence-corrected chi connectivity index (χ2v) is 6.58. The summed E-state index contributed by atoms with van der Waals surface area (Å²) in [5.74, 6) is -0.263. The van der Waals surface area contributed by atoms with Gasteiger partial charge in [0.25, 0.3) is 0 Å². The molecule has 4 nitrogen and oxygen atoms in total. The van der Waals surface area contributed by atoms with Crippen LogP contribution in [-0.4, -0.2) is 48.4 Å². The average molecular weight is 344 g/mol. The van der Waals surface area contributed by atoms with E-state index in [4.69, 9.17) is 17.3 Å². The van der Waals surface area contributed by atoms with Crippen molar-refractivity contribution in [2.45, 2.75) is 6.04 Å². The second-order valence-electron chi connectivity index (χ2n) is 6.14. The Kier molecular flexibility index (Phi) is 5.51. The summed E-state index contributed by atoms with van der Waals surface area (Å²) in [5, 5.41) is 0.747. The fourth-order valence-electron chi connectivity index (χ4n) is 3.29. The Morgan fingerprint density at radius 2 is 1.54 bits per heavy atom. The SMILES string of the molecule is NC(=O)CN1CCN([C@@H](c2ccccc2)c2ccc(Cl)cc2)CC1. The first-order chi connectivity index (χ1) is 11.6. The van der Waals surface area contributed by atoms with Gasteiger partial charge in [0.2, 0.25) is 5.91 Å². The largest absolute Gasteiger partial charge is 0.369 e. The molecule has 1 aliphatic rings. The maximum atomic E-state index is 11.1. The van der Waals surface area contributed by atoms with Crippen LogP contribution in [0.2, 0.25) is 5.02 Å². The third kappa shape index (κ3) is 4.15. The number of carbonyl (C=O) groups excluding carboxylic acids is 1. The van der Waals surface area contributed by atoms with Gasteiger partial charge in [-0.1, -0.05) is 54.1 Å². The number of amides is 1. The van der Waals surface area contributed by atoms with E-state index in [0.29, 0.717) is 6.54 Å². The van der Waals surface area contributed by atoms with Gasteiger partial charge in [-0.3, -0.25) is 14.6 Å². The normalized spacial score (nSPS) is 17.5. The van der Waals surface area contributed by atoms with Crippen molar-refractivity contribution < 1.29 is 4.79 Å². The van der Waals surface area contributed by atoms with E-state index in [1.165, 1.54) is 11.1 Å². The van der Waals surface area contributed by atoms with E-state index in [-0.39, 0.29) is 11.9 Å². The Morgan fingerprint density at radius 3 is 2.12 bits per heavy atom. The Bertz CT molecular complexity index is 667. The van der Waals surface area contributed by atoms with Crippen molar-refractivity contribution in [3.05, 3.63) is 70.7 Å². The fraction of sp³-hybridized carbons (Fsp3) is 0.316. The number of piperazine rings is 1. The van der Waals surface area contributed by atoms with Crippen molar-refractivity contribution in [3.8, 4) is 0 Å². The molecule has 1 saturated heterocycles. The van der Waals surface area contributed by atoms with Crippen LogP contribution in [-0.2, 0) is 4.79 Å². The van der Waals surface area contributed by atoms with Gasteiger partial charge in [-0.05, 0) is 23.3 Å². The molecule has 1 amide bonds. The predicted molar refractivity (Wildman–Crippen MR) is 96.9 cm³/mol. The number of nitrogens with two attached hydrogens (primary N) is 1. The Balaban J connectivity index is 1.81. The first-order valence-corrected chi connectivity index (χ1v) is 8.56. The molecule has 1 fully saturated rings. The van der Waals surface area contributed by atoms with E-state index in [9.17, 15) is 4.79 Å². The molecule has 0 aliphatic carbocycles. The molecule has 24 heavy (non-hydrogen) atoms. The summed E-state index contributed by atoms with van der Waals surface area (Å²) in [6, 6.07) is 18.8. The standard InChI is InChI=1S/C19H22ClN3O/c20-17-8-6-16(7-9-17)19(15-4-2-1-3-5-15)23-12-10-22(11-13-23)14-18(21)24/h1-9,19H,10-14H2,(H2,21,24)/t19-/m0/s1. The lowest BCUT2D eigenvalue weighted by molar-refractivity contribution is -0.119. The average Bonchev–Trinajstić information content (AvgIpc) is 2.59. The molecule has 0 saturated carbocycles. The number of rotatable bonds is 5. The highest BCUT2D eigenvalue weighted by atomic mass is 35.5. The second kappa shape index (κ2) is 7.79. The summed E-state index contributed by atoms with van der Waals surface area (Å²) in [5.41, 5.74) is 7.80. The van der Waals surface area contributed by atoms with Gasteiger partial charge in [0.15, 0.2) is 0 Å². The van der Waals surface area contributed by atoms with E-state index in [0.717, 1.165) is 31.2 Å². The summed E-state index contributed by atoms with van der Waals surface area (Å²) in [6.07, 6.45) is 0. The van der Waals surface area contributed by atoms with Gasteiger partial charge >= 0.3 is 0 Å². The highest BCUT2D eigenvalue weighted by molar-refractivity contribution is 6.30. The molecular formula is C19H22ClN3O. The number of nitrogens with zero attached hydrogens (tertiary/aromatic N) is 2. The number of carbonyl (C=O) groups is 1. The van der Waals surface area contributed by atoms with Crippen LogP contribution >= 0.6 is 11.6 Å². The van der Waals surface area contributed by atoms with Crippen molar-refractivity contribution in [1.82, 2.24) is 9.80 Å². The summed E-state index contributed by atoms with van der Waals surface area (Å²) >= 11 is 6.05. The van der Waals surface area contributed by atoms with Crippen molar-refractivity contribution in [1.29, 1.82) is 0 Å². The topological polar surface area (TPSA) is 49.6 Å². The maximum Gasteiger partial charge on any atom is 0.231 e. The minimum Gasteiger partial charge on any atom is -0.369 e. The van der Waals surface area contributed by atoms with Crippen LogP contribution in [0.3, 0.4) is 0 Å². The van der Waals surface area contributed by atoms with Crippen LogP contribution in [0.1, 0.15) is 17.2 Å². The Hall–Kier alpha value is -1.88. The molecule has 1 heterocycles. The van der Waals surface area contributed by atoms with E-state index in [1.54, 1.807) is 0 Å². The van der Waals surface area contributed by atoms with Gasteiger partial charge < -0.3 is 5.73 Å². The zero-order valence-electron chi connectivity index (χ0n) is 13.6. The summed E-state index contributed by atoms with van der Waals surface area (Å²) in [4.78, 5) is 15.7. The molecule has 0 aromatic heterocycles. The summed E-state index contributed by atoms with van der Waals surface area (Å²) in [6.45, 7) is 3.83. The van der Waals surface area contributed by atoms with Crippen molar-refractivity contribution in [2.75, 3.05) is 32.7 Å². The fourth-order valence-corrected chi connectivity index (χ4v) is 3.42. The van der Waals surface area contributed by atoms with Gasteiger partial charge in [-0.25, -0.2) is 0 Å². The number of halogens is 1. The molecule has 0 bridgehead atoms. The van der Waals surface area contributed by atoms with Crippen LogP contribution in [0.5, 0.6) is 0 Å². The zero-order chi connectivity index (χ0) is 16.9. The van der Waals surface area contributed by atoms with Crippen LogP contribution in [0.4, 0.5) is 0 Å². The van der Waals surface area contributed by atoms with Gasteiger partial charge in [0.05, 0.1) is 12.6 Å². The van der Waals surface area contributed by atoms with E-state index >= 15 is 0 Å². The van der Waals surface area contributed by atoms with E-state index in [1.807, 2.05) is 18.2 Å². The minimum absolute atomic E-state index is 0.194. The van der Waals surface area contributed by atoms with E-state index < -0.39 is 0 Å². The van der Waals surface area contributed by atoms with Crippen LogP contribution in [0.15, 0.2) is 54.6 Å². The smallest absolute Gasteiger partial charge is 0.231 e. The molecule has 0 unspecified atom stereocenters. The Labute approximate surface area is 147 Å².